The van der Waals surface area contributed by atoms with E-state index in [0.717, 1.165) is 23.4 Å². The first-order valence-corrected chi connectivity index (χ1v) is 10.9. The van der Waals surface area contributed by atoms with E-state index in [1.54, 1.807) is 36.5 Å². The van der Waals surface area contributed by atoms with Crippen LogP contribution in [0.3, 0.4) is 0 Å². The summed E-state index contributed by atoms with van der Waals surface area (Å²) in [6.45, 7) is 2.48. The van der Waals surface area contributed by atoms with Gasteiger partial charge in [-0.25, -0.2) is 18.1 Å². The molecule has 1 N–H and O–H groups in total. The summed E-state index contributed by atoms with van der Waals surface area (Å²) < 4.78 is 30.1. The molecular weight excluding hydrogens is 388 g/mol. The zero-order valence-electron chi connectivity index (χ0n) is 16.0. The van der Waals surface area contributed by atoms with Crippen LogP contribution in [0.5, 0.6) is 0 Å². The van der Waals surface area contributed by atoms with Crippen molar-refractivity contribution in [3.63, 3.8) is 0 Å². The summed E-state index contributed by atoms with van der Waals surface area (Å²) in [7, 11) is -3.68. The lowest BCUT2D eigenvalue weighted by Crippen LogP contribution is -2.27. The lowest BCUT2D eigenvalue weighted by atomic mass is 10.1. The molecule has 2 heterocycles. The average Bonchev–Trinajstić information content (AvgIpc) is 3.40. The maximum absolute atomic E-state index is 12.8. The van der Waals surface area contributed by atoms with E-state index in [2.05, 4.69) is 9.71 Å². The molecule has 1 unspecified atom stereocenters. The highest BCUT2D eigenvalue weighted by Gasteiger charge is 2.23. The molecular formula is C21H22N4O3S. The fourth-order valence-electron chi connectivity index (χ4n) is 3.44. The van der Waals surface area contributed by atoms with Crippen LogP contribution in [0.4, 0.5) is 5.69 Å². The van der Waals surface area contributed by atoms with E-state index in [4.69, 9.17) is 0 Å². The van der Waals surface area contributed by atoms with E-state index in [-0.39, 0.29) is 10.8 Å². The van der Waals surface area contributed by atoms with Crippen molar-refractivity contribution in [3.05, 3.63) is 72.8 Å². The molecule has 1 amide bonds. The van der Waals surface area contributed by atoms with Crippen molar-refractivity contribution in [2.75, 3.05) is 11.4 Å². The number of sulfonamides is 1. The van der Waals surface area contributed by atoms with Gasteiger partial charge in [-0.1, -0.05) is 12.1 Å². The number of hydrogen-bond acceptors (Lipinski definition) is 4. The quantitative estimate of drug-likeness (QED) is 0.677. The fourth-order valence-corrected chi connectivity index (χ4v) is 4.67. The lowest BCUT2D eigenvalue weighted by molar-refractivity contribution is -0.117. The third-order valence-electron chi connectivity index (χ3n) is 5.06. The van der Waals surface area contributed by atoms with Crippen LogP contribution in [0, 0.1) is 0 Å². The van der Waals surface area contributed by atoms with Crippen LogP contribution in [-0.2, 0) is 14.8 Å². The molecule has 3 aromatic rings. The zero-order valence-corrected chi connectivity index (χ0v) is 16.8. The molecule has 1 aromatic heterocycles. The molecule has 4 rings (SSSR count). The van der Waals surface area contributed by atoms with Crippen LogP contribution in [0.2, 0.25) is 0 Å². The second kappa shape index (κ2) is 7.81. The SMILES string of the molecule is CC(NS(=O)(=O)c1ccc(N2CCCC2=O)cc1)c1ccc(-n2ccnc2)cc1. The van der Waals surface area contributed by atoms with E-state index < -0.39 is 16.1 Å². The molecule has 2 aromatic carbocycles. The average molecular weight is 410 g/mol. The standard InChI is InChI=1S/C21H22N4O3S/c1-16(17-4-6-18(7-5-17)24-14-12-22-15-24)23-29(27,28)20-10-8-19(9-11-20)25-13-2-3-21(25)26/h4-12,14-16,23H,2-3,13H2,1H3. The highest BCUT2D eigenvalue weighted by Crippen LogP contribution is 2.24. The number of amides is 1. The van der Waals surface area contributed by atoms with Crippen LogP contribution in [0.15, 0.2) is 72.1 Å². The van der Waals surface area contributed by atoms with Crippen LogP contribution >= 0.6 is 0 Å². The number of carbonyl (C=O) groups excluding carboxylic acids is 1. The molecule has 150 valence electrons. The van der Waals surface area contributed by atoms with Gasteiger partial charge in [0.05, 0.1) is 11.2 Å². The number of imidazole rings is 1. The van der Waals surface area contributed by atoms with Gasteiger partial charge in [0.25, 0.3) is 0 Å². The van der Waals surface area contributed by atoms with E-state index in [0.29, 0.717) is 13.0 Å². The molecule has 0 radical (unpaired) electrons. The molecule has 1 fully saturated rings. The number of aromatic nitrogens is 2. The van der Waals surface area contributed by atoms with Gasteiger partial charge in [0.1, 0.15) is 0 Å². The monoisotopic (exact) mass is 410 g/mol. The summed E-state index contributed by atoms with van der Waals surface area (Å²) in [4.78, 5) is 17.7. The Morgan fingerprint density at radius 2 is 1.72 bits per heavy atom. The third-order valence-corrected chi connectivity index (χ3v) is 6.62. The largest absolute Gasteiger partial charge is 0.312 e. The van der Waals surface area contributed by atoms with Gasteiger partial charge in [-0.05, 0) is 55.3 Å². The Balaban J connectivity index is 1.47. The van der Waals surface area contributed by atoms with E-state index >= 15 is 0 Å². The molecule has 1 atom stereocenters. The molecule has 7 nitrogen and oxygen atoms in total. The van der Waals surface area contributed by atoms with Gasteiger partial charge in [-0.15, -0.1) is 0 Å². The summed E-state index contributed by atoms with van der Waals surface area (Å²) in [6, 6.07) is 13.7. The smallest absolute Gasteiger partial charge is 0.241 e. The zero-order chi connectivity index (χ0) is 20.4. The van der Waals surface area contributed by atoms with Crippen LogP contribution in [0.1, 0.15) is 31.4 Å². The van der Waals surface area contributed by atoms with E-state index in [9.17, 15) is 13.2 Å². The molecule has 0 saturated carbocycles. The lowest BCUT2D eigenvalue weighted by Gasteiger charge is -2.17. The molecule has 1 aliphatic rings. The van der Waals surface area contributed by atoms with Gasteiger partial charge in [0.2, 0.25) is 15.9 Å². The Labute approximate surface area is 170 Å². The second-order valence-electron chi connectivity index (χ2n) is 7.05. The molecule has 8 heteroatoms. The first-order valence-electron chi connectivity index (χ1n) is 9.45. The third kappa shape index (κ3) is 4.08. The minimum absolute atomic E-state index is 0.0755. The normalized spacial score (nSPS) is 15.6. The Morgan fingerprint density at radius 1 is 1.03 bits per heavy atom. The van der Waals surface area contributed by atoms with Crippen LogP contribution < -0.4 is 9.62 Å². The number of rotatable bonds is 6. The number of hydrogen-bond donors (Lipinski definition) is 1. The van der Waals surface area contributed by atoms with Crippen LogP contribution in [0.25, 0.3) is 5.69 Å². The van der Waals surface area contributed by atoms with Gasteiger partial charge in [0, 0.05) is 42.8 Å². The minimum Gasteiger partial charge on any atom is -0.312 e. The van der Waals surface area contributed by atoms with Crippen molar-refractivity contribution in [3.8, 4) is 5.69 Å². The van der Waals surface area contributed by atoms with Crippen molar-refractivity contribution in [1.82, 2.24) is 14.3 Å². The van der Waals surface area contributed by atoms with Gasteiger partial charge in [-0.2, -0.15) is 0 Å². The summed E-state index contributed by atoms with van der Waals surface area (Å²) in [6.07, 6.45) is 6.63. The predicted octanol–water partition coefficient (Wildman–Crippen LogP) is 3.04. The minimum atomic E-state index is -3.68. The van der Waals surface area contributed by atoms with Crippen molar-refractivity contribution in [1.29, 1.82) is 0 Å². The molecule has 1 saturated heterocycles. The molecule has 0 spiro atoms. The maximum Gasteiger partial charge on any atom is 0.241 e. The number of carbonyl (C=O) groups is 1. The summed E-state index contributed by atoms with van der Waals surface area (Å²) >= 11 is 0. The van der Waals surface area contributed by atoms with Crippen molar-refractivity contribution >= 4 is 21.6 Å². The summed E-state index contributed by atoms with van der Waals surface area (Å²) in [5.74, 6) is 0.0755. The Kier molecular flexibility index (Phi) is 5.21. The van der Waals surface area contributed by atoms with E-state index in [1.165, 1.54) is 12.1 Å². The van der Waals surface area contributed by atoms with Gasteiger partial charge >= 0.3 is 0 Å². The number of anilines is 1. The Morgan fingerprint density at radius 3 is 2.31 bits per heavy atom. The number of benzene rings is 2. The van der Waals surface area contributed by atoms with Crippen molar-refractivity contribution in [2.45, 2.75) is 30.7 Å². The molecule has 0 bridgehead atoms. The summed E-state index contributed by atoms with van der Waals surface area (Å²) in [5.41, 5.74) is 2.54. The van der Waals surface area contributed by atoms with Crippen LogP contribution in [-0.4, -0.2) is 30.4 Å². The summed E-state index contributed by atoms with van der Waals surface area (Å²) in [5, 5.41) is 0. The molecule has 29 heavy (non-hydrogen) atoms. The molecule has 1 aliphatic heterocycles. The first kappa shape index (κ1) is 19.4. The topological polar surface area (TPSA) is 84.3 Å². The second-order valence-corrected chi connectivity index (χ2v) is 8.76. The fraction of sp³-hybridized carbons (Fsp3) is 0.238. The van der Waals surface area contributed by atoms with Gasteiger partial charge in [0.15, 0.2) is 0 Å². The van der Waals surface area contributed by atoms with Crippen molar-refractivity contribution < 1.29 is 13.2 Å². The Hall–Kier alpha value is -2.97. The van der Waals surface area contributed by atoms with Gasteiger partial charge < -0.3 is 9.47 Å². The molecule has 0 aliphatic carbocycles. The van der Waals surface area contributed by atoms with E-state index in [1.807, 2.05) is 35.0 Å². The van der Waals surface area contributed by atoms with Crippen molar-refractivity contribution in [2.24, 2.45) is 0 Å². The highest BCUT2D eigenvalue weighted by molar-refractivity contribution is 7.89. The first-order chi connectivity index (χ1) is 13.9. The maximum atomic E-state index is 12.8. The van der Waals surface area contributed by atoms with Gasteiger partial charge in [-0.3, -0.25) is 4.79 Å². The number of nitrogens with one attached hydrogen (secondary N) is 1. The Bertz CT molecular complexity index is 1090. The number of nitrogens with zero attached hydrogens (tertiary/aromatic N) is 3. The highest BCUT2D eigenvalue weighted by atomic mass is 32.2. The predicted molar refractivity (Wildman–Crippen MR) is 110 cm³/mol.